The van der Waals surface area contributed by atoms with Crippen molar-refractivity contribution in [2.24, 2.45) is 0 Å². The summed E-state index contributed by atoms with van der Waals surface area (Å²) in [6.07, 6.45) is 0.772. The largest absolute Gasteiger partial charge is 0.324 e. The van der Waals surface area contributed by atoms with Crippen molar-refractivity contribution >= 4 is 33.4 Å². The molecule has 3 heterocycles. The molecule has 0 N–H and O–H groups in total. The Bertz CT molecular complexity index is 993. The number of hydrogen-bond acceptors (Lipinski definition) is 5. The second-order valence-electron chi connectivity index (χ2n) is 4.71. The van der Waals surface area contributed by atoms with Gasteiger partial charge in [-0.25, -0.2) is 21.2 Å². The Balaban J connectivity index is 2.04. The lowest BCUT2D eigenvalue weighted by Gasteiger charge is -2.03. The Morgan fingerprint density at radius 1 is 1.14 bits per heavy atom. The zero-order valence-corrected chi connectivity index (χ0v) is 11.0. The molecule has 4 aromatic rings. The molecule has 21 heavy (non-hydrogen) atoms. The molecule has 0 amide bonds. The lowest BCUT2D eigenvalue weighted by molar-refractivity contribution is 0.314. The van der Waals surface area contributed by atoms with Crippen LogP contribution in [0, 0.1) is 6.57 Å². The Hall–Kier alpha value is -3.01. The summed E-state index contributed by atoms with van der Waals surface area (Å²) in [4.78, 5) is 12.4. The zero-order chi connectivity index (χ0) is 14.2. The van der Waals surface area contributed by atoms with Gasteiger partial charge in [0.15, 0.2) is 5.65 Å². The molecule has 7 heteroatoms. The molecule has 0 atom stereocenters. The molecular formula is C14H10N6O. The molecule has 0 spiro atoms. The van der Waals surface area contributed by atoms with Crippen LogP contribution in [-0.2, 0) is 6.54 Å². The van der Waals surface area contributed by atoms with Crippen molar-refractivity contribution in [2.45, 2.75) is 13.0 Å². The van der Waals surface area contributed by atoms with Crippen LogP contribution in [0.2, 0.25) is 0 Å². The van der Waals surface area contributed by atoms with Crippen molar-refractivity contribution in [1.82, 2.24) is 24.8 Å². The van der Waals surface area contributed by atoms with Gasteiger partial charge in [0.05, 0.1) is 5.52 Å². The topological polar surface area (TPSA) is 74.0 Å². The Kier molecular flexibility index (Phi) is 2.54. The molecule has 0 radical (unpaired) electrons. The van der Waals surface area contributed by atoms with E-state index in [-0.39, 0.29) is 0 Å². The molecule has 7 nitrogen and oxygen atoms in total. The monoisotopic (exact) mass is 278 g/mol. The van der Waals surface area contributed by atoms with E-state index in [1.54, 1.807) is 0 Å². The van der Waals surface area contributed by atoms with E-state index in [9.17, 15) is 0 Å². The normalized spacial score (nSPS) is 11.4. The highest BCUT2D eigenvalue weighted by Gasteiger charge is 2.16. The molecule has 0 saturated carbocycles. The minimum Gasteiger partial charge on any atom is -0.324 e. The van der Waals surface area contributed by atoms with E-state index in [0.29, 0.717) is 17.8 Å². The molecule has 0 saturated heterocycles. The third-order valence-electron chi connectivity index (χ3n) is 3.45. The Morgan fingerprint density at radius 2 is 1.95 bits per heavy atom. The standard InChI is InChI=1S/C14H10N6O/c1-15-7-4-8-20-10-6-3-2-5-9(10)11-14(20)17-13-12(16-11)18-21-19-13/h2-3,5-6H,4,7-8H2. The van der Waals surface area contributed by atoms with Gasteiger partial charge in [0, 0.05) is 18.4 Å². The average molecular weight is 278 g/mol. The van der Waals surface area contributed by atoms with E-state index in [4.69, 9.17) is 6.57 Å². The summed E-state index contributed by atoms with van der Waals surface area (Å²) < 4.78 is 6.76. The van der Waals surface area contributed by atoms with Gasteiger partial charge in [-0.1, -0.05) is 18.2 Å². The van der Waals surface area contributed by atoms with E-state index in [1.165, 1.54) is 0 Å². The van der Waals surface area contributed by atoms with Crippen LogP contribution in [0.15, 0.2) is 28.9 Å². The first-order valence-corrected chi connectivity index (χ1v) is 6.59. The number of para-hydroxylation sites is 1. The van der Waals surface area contributed by atoms with E-state index < -0.39 is 0 Å². The molecular weight excluding hydrogens is 268 g/mol. The van der Waals surface area contributed by atoms with Gasteiger partial charge in [-0.3, -0.25) is 0 Å². The number of nitrogens with zero attached hydrogens (tertiary/aromatic N) is 6. The van der Waals surface area contributed by atoms with E-state index in [1.807, 2.05) is 24.3 Å². The highest BCUT2D eigenvalue weighted by Crippen LogP contribution is 2.27. The fraction of sp³-hybridized carbons (Fsp3) is 0.214. The van der Waals surface area contributed by atoms with Crippen molar-refractivity contribution in [3.05, 3.63) is 35.7 Å². The molecule has 0 unspecified atom stereocenters. The number of aryl methyl sites for hydroxylation is 1. The van der Waals surface area contributed by atoms with Crippen molar-refractivity contribution in [3.8, 4) is 0 Å². The summed E-state index contributed by atoms with van der Waals surface area (Å²) in [5.41, 5.74) is 3.41. The van der Waals surface area contributed by atoms with Crippen LogP contribution in [0.25, 0.3) is 38.2 Å². The van der Waals surface area contributed by atoms with Gasteiger partial charge < -0.3 is 9.41 Å². The lowest BCUT2D eigenvalue weighted by Crippen LogP contribution is -2.00. The molecule has 1 aromatic carbocycles. The summed E-state index contributed by atoms with van der Waals surface area (Å²) in [6, 6.07) is 8.00. The minimum atomic E-state index is 0.400. The van der Waals surface area contributed by atoms with Crippen molar-refractivity contribution in [1.29, 1.82) is 0 Å². The third-order valence-corrected chi connectivity index (χ3v) is 3.45. The van der Waals surface area contributed by atoms with Crippen LogP contribution in [0.5, 0.6) is 0 Å². The number of benzene rings is 1. The third kappa shape index (κ3) is 1.73. The van der Waals surface area contributed by atoms with Crippen LogP contribution >= 0.6 is 0 Å². The summed E-state index contributed by atoms with van der Waals surface area (Å²) in [5.74, 6) is 0. The van der Waals surface area contributed by atoms with Crippen LogP contribution in [0.1, 0.15) is 6.42 Å². The smallest absolute Gasteiger partial charge is 0.245 e. The summed E-state index contributed by atoms with van der Waals surface area (Å²) in [6.45, 7) is 8.12. The number of rotatable bonds is 3. The molecule has 0 fully saturated rings. The minimum absolute atomic E-state index is 0.400. The maximum absolute atomic E-state index is 6.90. The van der Waals surface area contributed by atoms with Crippen LogP contribution < -0.4 is 0 Å². The van der Waals surface area contributed by atoms with Crippen molar-refractivity contribution in [2.75, 3.05) is 6.54 Å². The lowest BCUT2D eigenvalue weighted by atomic mass is 10.2. The maximum Gasteiger partial charge on any atom is 0.245 e. The van der Waals surface area contributed by atoms with Gasteiger partial charge >= 0.3 is 0 Å². The zero-order valence-electron chi connectivity index (χ0n) is 11.0. The van der Waals surface area contributed by atoms with Crippen molar-refractivity contribution < 1.29 is 4.63 Å². The van der Waals surface area contributed by atoms with Gasteiger partial charge in [0.1, 0.15) is 5.52 Å². The summed E-state index contributed by atoms with van der Waals surface area (Å²) >= 11 is 0. The van der Waals surface area contributed by atoms with Gasteiger partial charge in [0.2, 0.25) is 17.8 Å². The first kappa shape index (κ1) is 11.8. The number of fused-ring (bicyclic) bond motifs is 4. The molecule has 0 bridgehead atoms. The van der Waals surface area contributed by atoms with Crippen LogP contribution in [-0.4, -0.2) is 31.4 Å². The van der Waals surface area contributed by atoms with Crippen LogP contribution in [0.4, 0.5) is 0 Å². The predicted octanol–water partition coefficient (Wildman–Crippen LogP) is 2.43. The fourth-order valence-electron chi connectivity index (χ4n) is 2.56. The molecule has 102 valence electrons. The molecule has 4 rings (SSSR count). The molecule has 3 aromatic heterocycles. The maximum atomic E-state index is 6.90. The van der Waals surface area contributed by atoms with Gasteiger partial charge in [-0.2, -0.15) is 0 Å². The average Bonchev–Trinajstić information content (AvgIpc) is 3.08. The molecule has 0 aliphatic carbocycles. The van der Waals surface area contributed by atoms with E-state index >= 15 is 0 Å². The Labute approximate surface area is 119 Å². The first-order valence-electron chi connectivity index (χ1n) is 6.59. The second-order valence-corrected chi connectivity index (χ2v) is 4.71. The number of hydrogen-bond donors (Lipinski definition) is 0. The highest BCUT2D eigenvalue weighted by molar-refractivity contribution is 6.05. The van der Waals surface area contributed by atoms with Crippen molar-refractivity contribution in [3.63, 3.8) is 0 Å². The summed E-state index contributed by atoms with van der Waals surface area (Å²) in [7, 11) is 0. The SMILES string of the molecule is [C-]#[N+]CCCn1c2ccccc2c2nc3nonc3nc21. The fourth-order valence-corrected chi connectivity index (χ4v) is 2.56. The van der Waals surface area contributed by atoms with Gasteiger partial charge in [-0.05, 0) is 16.4 Å². The van der Waals surface area contributed by atoms with Gasteiger partial charge in [-0.15, -0.1) is 0 Å². The molecule has 0 aliphatic rings. The van der Waals surface area contributed by atoms with E-state index in [0.717, 1.165) is 35.0 Å². The first-order chi connectivity index (χ1) is 10.4. The van der Waals surface area contributed by atoms with Crippen LogP contribution in [0.3, 0.4) is 0 Å². The quantitative estimate of drug-likeness (QED) is 0.425. The number of aromatic nitrogens is 5. The second kappa shape index (κ2) is 4.52. The molecule has 0 aliphatic heterocycles. The van der Waals surface area contributed by atoms with Gasteiger partial charge in [0.25, 0.3) is 0 Å². The Morgan fingerprint density at radius 3 is 2.81 bits per heavy atom. The van der Waals surface area contributed by atoms with E-state index in [2.05, 4.69) is 34.3 Å². The predicted molar refractivity (Wildman–Crippen MR) is 76.5 cm³/mol. The highest BCUT2D eigenvalue weighted by atomic mass is 16.6. The summed E-state index contributed by atoms with van der Waals surface area (Å²) in [5, 5.41) is 8.53.